The summed E-state index contributed by atoms with van der Waals surface area (Å²) < 4.78 is 15.7. The molecule has 8 heteroatoms. The molecule has 0 aliphatic heterocycles. The van der Waals surface area contributed by atoms with Gasteiger partial charge in [0.25, 0.3) is 0 Å². The molecule has 136 valence electrons. The van der Waals surface area contributed by atoms with Crippen molar-refractivity contribution in [3.63, 3.8) is 0 Å². The molecular formula is C17H23IN4O3. The predicted octanol–water partition coefficient (Wildman–Crippen LogP) is 2.91. The molecule has 2 rings (SSSR count). The number of pyridine rings is 1. The maximum Gasteiger partial charge on any atom is 0.213 e. The van der Waals surface area contributed by atoms with Gasteiger partial charge in [0, 0.05) is 37.6 Å². The van der Waals surface area contributed by atoms with Crippen LogP contribution >= 0.6 is 24.0 Å². The quantitative estimate of drug-likeness (QED) is 0.394. The average molecular weight is 458 g/mol. The normalized spacial score (nSPS) is 10.5. The Kier molecular flexibility index (Phi) is 8.82. The van der Waals surface area contributed by atoms with Crippen molar-refractivity contribution in [2.45, 2.75) is 6.54 Å². The van der Waals surface area contributed by atoms with Gasteiger partial charge in [-0.05, 0) is 23.8 Å². The third-order valence-electron chi connectivity index (χ3n) is 3.34. The molecule has 1 heterocycles. The second-order valence-electron chi connectivity index (χ2n) is 4.83. The second-order valence-corrected chi connectivity index (χ2v) is 4.83. The van der Waals surface area contributed by atoms with E-state index in [0.717, 1.165) is 11.3 Å². The van der Waals surface area contributed by atoms with Crippen molar-refractivity contribution in [2.24, 2.45) is 4.99 Å². The van der Waals surface area contributed by atoms with Gasteiger partial charge in [-0.3, -0.25) is 4.99 Å². The van der Waals surface area contributed by atoms with Crippen molar-refractivity contribution in [3.05, 3.63) is 42.1 Å². The topological polar surface area (TPSA) is 77.0 Å². The highest BCUT2D eigenvalue weighted by Gasteiger charge is 2.06. The molecule has 2 aromatic rings. The van der Waals surface area contributed by atoms with Crippen molar-refractivity contribution in [3.8, 4) is 17.4 Å². The van der Waals surface area contributed by atoms with E-state index in [1.807, 2.05) is 30.3 Å². The summed E-state index contributed by atoms with van der Waals surface area (Å²) in [4.78, 5) is 8.30. The fourth-order valence-corrected chi connectivity index (χ4v) is 2.09. The molecule has 1 aromatic carbocycles. The Labute approximate surface area is 164 Å². The minimum atomic E-state index is 0. The number of anilines is 1. The first kappa shape index (κ1) is 20.8. The van der Waals surface area contributed by atoms with E-state index < -0.39 is 0 Å². The van der Waals surface area contributed by atoms with Gasteiger partial charge in [0.1, 0.15) is 0 Å². The Morgan fingerprint density at radius 3 is 2.44 bits per heavy atom. The van der Waals surface area contributed by atoms with E-state index in [2.05, 4.69) is 20.6 Å². The molecule has 0 aliphatic carbocycles. The zero-order chi connectivity index (χ0) is 17.4. The van der Waals surface area contributed by atoms with Gasteiger partial charge < -0.3 is 24.8 Å². The molecule has 2 N–H and O–H groups in total. The van der Waals surface area contributed by atoms with Gasteiger partial charge in [-0.25, -0.2) is 4.98 Å². The summed E-state index contributed by atoms with van der Waals surface area (Å²) in [7, 11) is 6.51. The molecule has 0 aliphatic rings. The van der Waals surface area contributed by atoms with Crippen LogP contribution in [0.1, 0.15) is 5.56 Å². The summed E-state index contributed by atoms with van der Waals surface area (Å²) in [5, 5.41) is 6.45. The number of aromatic nitrogens is 1. The van der Waals surface area contributed by atoms with Gasteiger partial charge in [-0.1, -0.05) is 0 Å². The number of benzene rings is 1. The van der Waals surface area contributed by atoms with Crippen LogP contribution in [-0.2, 0) is 6.54 Å². The molecule has 0 saturated carbocycles. The molecule has 0 unspecified atom stereocenters. The fraction of sp³-hybridized carbons (Fsp3) is 0.294. The number of nitrogens with one attached hydrogen (secondary N) is 2. The lowest BCUT2D eigenvalue weighted by Crippen LogP contribution is -2.30. The number of aliphatic imine (C=N–C) groups is 1. The van der Waals surface area contributed by atoms with E-state index in [1.54, 1.807) is 34.6 Å². The summed E-state index contributed by atoms with van der Waals surface area (Å²) >= 11 is 0. The van der Waals surface area contributed by atoms with Crippen LogP contribution in [0.2, 0.25) is 0 Å². The average Bonchev–Trinajstić information content (AvgIpc) is 2.64. The van der Waals surface area contributed by atoms with Gasteiger partial charge >= 0.3 is 0 Å². The van der Waals surface area contributed by atoms with E-state index in [9.17, 15) is 0 Å². The van der Waals surface area contributed by atoms with Gasteiger partial charge in [0.15, 0.2) is 17.5 Å². The van der Waals surface area contributed by atoms with Crippen LogP contribution in [-0.4, -0.2) is 39.3 Å². The van der Waals surface area contributed by atoms with E-state index in [-0.39, 0.29) is 24.0 Å². The number of methoxy groups -OCH3 is 3. The van der Waals surface area contributed by atoms with E-state index >= 15 is 0 Å². The number of rotatable bonds is 6. The Morgan fingerprint density at radius 1 is 1.04 bits per heavy atom. The van der Waals surface area contributed by atoms with Gasteiger partial charge in [-0.15, -0.1) is 24.0 Å². The van der Waals surface area contributed by atoms with Crippen LogP contribution in [0.15, 0.2) is 41.5 Å². The van der Waals surface area contributed by atoms with Crippen LogP contribution < -0.4 is 24.8 Å². The number of hydrogen-bond acceptors (Lipinski definition) is 5. The maximum absolute atomic E-state index is 5.30. The summed E-state index contributed by atoms with van der Waals surface area (Å²) in [5.74, 6) is 2.54. The summed E-state index contributed by atoms with van der Waals surface area (Å²) in [6, 6.07) is 9.36. The van der Waals surface area contributed by atoms with Gasteiger partial charge in [-0.2, -0.15) is 0 Å². The first-order valence-corrected chi connectivity index (χ1v) is 7.38. The Morgan fingerprint density at radius 2 is 1.80 bits per heavy atom. The molecule has 7 nitrogen and oxygen atoms in total. The van der Waals surface area contributed by atoms with E-state index in [4.69, 9.17) is 14.2 Å². The van der Waals surface area contributed by atoms with Crippen LogP contribution in [0.5, 0.6) is 17.4 Å². The van der Waals surface area contributed by atoms with E-state index in [0.29, 0.717) is 29.9 Å². The molecule has 0 spiro atoms. The van der Waals surface area contributed by atoms with Gasteiger partial charge in [0.2, 0.25) is 5.88 Å². The van der Waals surface area contributed by atoms with Crippen LogP contribution in [0.4, 0.5) is 5.69 Å². The molecule has 0 bridgehead atoms. The number of ether oxygens (including phenoxy) is 3. The molecule has 1 aromatic heterocycles. The number of guanidine groups is 1. The minimum Gasteiger partial charge on any atom is -0.493 e. The number of nitrogens with zero attached hydrogens (tertiary/aromatic N) is 2. The number of hydrogen-bond donors (Lipinski definition) is 2. The van der Waals surface area contributed by atoms with Crippen molar-refractivity contribution >= 4 is 35.6 Å². The molecule has 0 amide bonds. The SMILES string of the molecule is CN=C(NCc1ccnc(OC)c1)Nc1ccc(OC)c(OC)c1.I. The third-order valence-corrected chi connectivity index (χ3v) is 3.34. The highest BCUT2D eigenvalue weighted by Crippen LogP contribution is 2.29. The van der Waals surface area contributed by atoms with Crippen molar-refractivity contribution < 1.29 is 14.2 Å². The highest BCUT2D eigenvalue weighted by molar-refractivity contribution is 14.0. The standard InChI is InChI=1S/C17H22N4O3.HI/c1-18-17(20-11-12-7-8-19-16(9-12)24-4)21-13-5-6-14(22-2)15(10-13)23-3;/h5-10H,11H2,1-4H3,(H2,18,20,21);1H. The fourth-order valence-electron chi connectivity index (χ4n) is 2.09. The Balaban J connectivity index is 0.00000312. The second kappa shape index (κ2) is 10.6. The van der Waals surface area contributed by atoms with Crippen molar-refractivity contribution in [2.75, 3.05) is 33.7 Å². The lowest BCUT2D eigenvalue weighted by atomic mass is 10.2. The first-order chi connectivity index (χ1) is 11.7. The van der Waals surface area contributed by atoms with Crippen LogP contribution in [0.3, 0.4) is 0 Å². The van der Waals surface area contributed by atoms with Crippen LogP contribution in [0.25, 0.3) is 0 Å². The zero-order valence-electron chi connectivity index (χ0n) is 14.7. The zero-order valence-corrected chi connectivity index (χ0v) is 17.0. The molecule has 0 atom stereocenters. The highest BCUT2D eigenvalue weighted by atomic mass is 127. The number of halogens is 1. The predicted molar refractivity (Wildman–Crippen MR) is 110 cm³/mol. The molecule has 0 radical (unpaired) electrons. The summed E-state index contributed by atoms with van der Waals surface area (Å²) in [5.41, 5.74) is 1.88. The van der Waals surface area contributed by atoms with Crippen LogP contribution in [0, 0.1) is 0 Å². The van der Waals surface area contributed by atoms with Gasteiger partial charge in [0.05, 0.1) is 21.3 Å². The Hall–Kier alpha value is -2.23. The summed E-state index contributed by atoms with van der Waals surface area (Å²) in [6.07, 6.45) is 1.71. The molecule has 0 saturated heterocycles. The lowest BCUT2D eigenvalue weighted by molar-refractivity contribution is 0.355. The monoisotopic (exact) mass is 458 g/mol. The molecule has 0 fully saturated rings. The smallest absolute Gasteiger partial charge is 0.213 e. The molecular weight excluding hydrogens is 435 g/mol. The van der Waals surface area contributed by atoms with E-state index in [1.165, 1.54) is 0 Å². The summed E-state index contributed by atoms with van der Waals surface area (Å²) in [6.45, 7) is 0.589. The lowest BCUT2D eigenvalue weighted by Gasteiger charge is -2.14. The maximum atomic E-state index is 5.30. The Bertz CT molecular complexity index is 710. The third kappa shape index (κ3) is 5.96. The molecule has 25 heavy (non-hydrogen) atoms. The van der Waals surface area contributed by atoms with Crippen molar-refractivity contribution in [1.29, 1.82) is 0 Å². The van der Waals surface area contributed by atoms with Crippen molar-refractivity contribution in [1.82, 2.24) is 10.3 Å². The minimum absolute atomic E-state index is 0. The first-order valence-electron chi connectivity index (χ1n) is 7.38. The largest absolute Gasteiger partial charge is 0.493 e.